The van der Waals surface area contributed by atoms with E-state index >= 15 is 0 Å². The van der Waals surface area contributed by atoms with Gasteiger partial charge in [0.2, 0.25) is 5.91 Å². The molecule has 0 radical (unpaired) electrons. The number of halogens is 1. The molecule has 2 atom stereocenters. The molecule has 1 aliphatic heterocycles. The van der Waals surface area contributed by atoms with Crippen LogP contribution in [0.4, 0.5) is 4.39 Å². The molecule has 6 nitrogen and oxygen atoms in total. The van der Waals surface area contributed by atoms with Gasteiger partial charge in [-0.3, -0.25) is 15.0 Å². The van der Waals surface area contributed by atoms with E-state index in [2.05, 4.69) is 10.9 Å². The fourth-order valence-corrected chi connectivity index (χ4v) is 3.10. The van der Waals surface area contributed by atoms with Crippen LogP contribution in [0.1, 0.15) is 29.3 Å². The van der Waals surface area contributed by atoms with Crippen molar-refractivity contribution in [3.8, 4) is 5.75 Å². The lowest BCUT2D eigenvalue weighted by Gasteiger charge is -2.21. The number of rotatable bonds is 7. The quantitative estimate of drug-likeness (QED) is 0.716. The molecular weight excluding hydrogens is 361 g/mol. The molecule has 1 saturated heterocycles. The average Bonchev–Trinajstić information content (AvgIpc) is 3.16. The van der Waals surface area contributed by atoms with Gasteiger partial charge >= 0.3 is 0 Å². The molecule has 1 aliphatic rings. The summed E-state index contributed by atoms with van der Waals surface area (Å²) in [5, 5.41) is 0. The van der Waals surface area contributed by atoms with Crippen LogP contribution in [0.15, 0.2) is 48.5 Å². The predicted octanol–water partition coefficient (Wildman–Crippen LogP) is 2.30. The lowest BCUT2D eigenvalue weighted by Crippen LogP contribution is -2.44. The number of ether oxygens (including phenoxy) is 1. The minimum absolute atomic E-state index is 0.0130. The zero-order valence-electron chi connectivity index (χ0n) is 15.9. The second-order valence-electron chi connectivity index (χ2n) is 6.99. The monoisotopic (exact) mass is 385 g/mol. The topological polar surface area (TPSA) is 70.7 Å². The molecule has 148 valence electrons. The van der Waals surface area contributed by atoms with E-state index < -0.39 is 0 Å². The van der Waals surface area contributed by atoms with E-state index in [0.717, 1.165) is 5.56 Å². The van der Waals surface area contributed by atoms with Gasteiger partial charge in [-0.25, -0.2) is 9.82 Å². The first-order chi connectivity index (χ1) is 13.4. The van der Waals surface area contributed by atoms with Gasteiger partial charge in [0, 0.05) is 19.2 Å². The van der Waals surface area contributed by atoms with E-state index in [1.165, 1.54) is 19.1 Å². The van der Waals surface area contributed by atoms with Crippen LogP contribution in [0.25, 0.3) is 0 Å². The first kappa shape index (κ1) is 20.0. The maximum absolute atomic E-state index is 13.0. The zero-order chi connectivity index (χ0) is 20.1. The summed E-state index contributed by atoms with van der Waals surface area (Å²) in [5.41, 5.74) is 7.57. The molecule has 0 saturated carbocycles. The molecule has 2 N–H and O–H groups in total. The number of ketones is 1. The Morgan fingerprint density at radius 2 is 1.93 bits per heavy atom. The first-order valence-corrected chi connectivity index (χ1v) is 9.16. The highest BCUT2D eigenvalue weighted by Gasteiger charge is 2.31. The molecule has 3 rings (SSSR count). The molecule has 28 heavy (non-hydrogen) atoms. The number of hydrazine groups is 1. The average molecular weight is 385 g/mol. The van der Waals surface area contributed by atoms with Crippen molar-refractivity contribution in [2.24, 2.45) is 0 Å². The predicted molar refractivity (Wildman–Crippen MR) is 103 cm³/mol. The van der Waals surface area contributed by atoms with Crippen LogP contribution < -0.4 is 15.6 Å². The lowest BCUT2D eigenvalue weighted by molar-refractivity contribution is -0.132. The van der Waals surface area contributed by atoms with Gasteiger partial charge in [-0.2, -0.15) is 0 Å². The Bertz CT molecular complexity index is 841. The van der Waals surface area contributed by atoms with E-state index in [0.29, 0.717) is 30.9 Å². The minimum atomic E-state index is -0.359. The van der Waals surface area contributed by atoms with Gasteiger partial charge in [0.05, 0.1) is 6.04 Å². The van der Waals surface area contributed by atoms with Crippen LogP contribution in [0.3, 0.4) is 0 Å². The van der Waals surface area contributed by atoms with Crippen LogP contribution in [0.2, 0.25) is 0 Å². The minimum Gasteiger partial charge on any atom is -0.492 e. The summed E-state index contributed by atoms with van der Waals surface area (Å²) in [7, 11) is 1.73. The number of hydrogen-bond donors (Lipinski definition) is 2. The van der Waals surface area contributed by atoms with Crippen molar-refractivity contribution in [1.29, 1.82) is 0 Å². The Morgan fingerprint density at radius 3 is 2.64 bits per heavy atom. The van der Waals surface area contributed by atoms with E-state index in [1.807, 2.05) is 0 Å². The van der Waals surface area contributed by atoms with Gasteiger partial charge in [-0.15, -0.1) is 0 Å². The molecule has 0 aliphatic carbocycles. The Labute approximate surface area is 163 Å². The third-order valence-electron chi connectivity index (χ3n) is 4.68. The van der Waals surface area contributed by atoms with Gasteiger partial charge in [0.25, 0.3) is 0 Å². The molecule has 2 aromatic carbocycles. The van der Waals surface area contributed by atoms with Crippen LogP contribution >= 0.6 is 0 Å². The highest BCUT2D eigenvalue weighted by molar-refractivity contribution is 5.94. The third kappa shape index (κ3) is 5.15. The Balaban J connectivity index is 1.49. The van der Waals surface area contributed by atoms with E-state index in [-0.39, 0.29) is 29.6 Å². The summed E-state index contributed by atoms with van der Waals surface area (Å²) >= 11 is 0. The summed E-state index contributed by atoms with van der Waals surface area (Å²) in [4.78, 5) is 25.7. The fourth-order valence-electron chi connectivity index (χ4n) is 3.10. The number of nitrogens with one attached hydrogen (secondary N) is 2. The number of amides is 1. The van der Waals surface area contributed by atoms with Crippen LogP contribution in [0.5, 0.6) is 5.75 Å². The lowest BCUT2D eigenvalue weighted by atomic mass is 10.1. The Hall–Kier alpha value is -2.77. The molecule has 2 aromatic rings. The van der Waals surface area contributed by atoms with Crippen molar-refractivity contribution in [3.05, 3.63) is 65.5 Å². The van der Waals surface area contributed by atoms with Gasteiger partial charge in [-0.1, -0.05) is 24.3 Å². The van der Waals surface area contributed by atoms with Gasteiger partial charge in [0.1, 0.15) is 24.2 Å². The molecule has 0 aromatic heterocycles. The summed E-state index contributed by atoms with van der Waals surface area (Å²) in [6.45, 7) is 2.30. The van der Waals surface area contributed by atoms with E-state index in [4.69, 9.17) is 4.74 Å². The number of likely N-dealkylation sites (N-methyl/N-ethyl adjacent to an activating group) is 1. The van der Waals surface area contributed by atoms with Crippen LogP contribution in [0, 0.1) is 5.82 Å². The SMILES string of the molecule is CC(=O)c1cccc(OCC2CC(C(=O)N(C)Cc3ccc(F)cc3)NN2)c1. The largest absolute Gasteiger partial charge is 0.492 e. The number of benzene rings is 2. The standard InChI is InChI=1S/C21H24FN3O3/c1-14(26)16-4-3-5-19(10-16)28-13-18-11-20(24-23-18)21(27)25(2)12-15-6-8-17(22)9-7-15/h3-10,18,20,23-24H,11-13H2,1-2H3. The van der Waals surface area contributed by atoms with E-state index in [9.17, 15) is 14.0 Å². The van der Waals surface area contributed by atoms with Crippen molar-refractivity contribution < 1.29 is 18.7 Å². The summed E-state index contributed by atoms with van der Waals surface area (Å²) in [6.07, 6.45) is 0.582. The number of carbonyl (C=O) groups is 2. The smallest absolute Gasteiger partial charge is 0.241 e. The van der Waals surface area contributed by atoms with Gasteiger partial charge < -0.3 is 9.64 Å². The molecule has 0 bridgehead atoms. The molecule has 1 fully saturated rings. The van der Waals surface area contributed by atoms with Crippen LogP contribution in [-0.2, 0) is 11.3 Å². The molecule has 7 heteroatoms. The normalized spacial score (nSPS) is 18.7. The molecule has 2 unspecified atom stereocenters. The first-order valence-electron chi connectivity index (χ1n) is 9.16. The third-order valence-corrected chi connectivity index (χ3v) is 4.68. The number of nitrogens with zero attached hydrogens (tertiary/aromatic N) is 1. The van der Waals surface area contributed by atoms with Crippen molar-refractivity contribution in [2.45, 2.75) is 32.0 Å². The van der Waals surface area contributed by atoms with Crippen molar-refractivity contribution in [2.75, 3.05) is 13.7 Å². The number of Topliss-reactive ketones (excluding diaryl/α,β-unsaturated/α-hetero) is 1. The number of hydrogen-bond acceptors (Lipinski definition) is 5. The number of carbonyl (C=O) groups excluding carboxylic acids is 2. The van der Waals surface area contributed by atoms with Crippen molar-refractivity contribution >= 4 is 11.7 Å². The van der Waals surface area contributed by atoms with Crippen molar-refractivity contribution in [1.82, 2.24) is 15.8 Å². The highest BCUT2D eigenvalue weighted by atomic mass is 19.1. The van der Waals surface area contributed by atoms with Crippen molar-refractivity contribution in [3.63, 3.8) is 0 Å². The van der Waals surface area contributed by atoms with Gasteiger partial charge in [-0.05, 0) is 43.2 Å². The maximum Gasteiger partial charge on any atom is 0.241 e. The Morgan fingerprint density at radius 1 is 1.18 bits per heavy atom. The molecular formula is C21H24FN3O3. The Kier molecular flexibility index (Phi) is 6.38. The fraction of sp³-hybridized carbons (Fsp3) is 0.333. The zero-order valence-corrected chi connectivity index (χ0v) is 15.9. The molecule has 1 amide bonds. The highest BCUT2D eigenvalue weighted by Crippen LogP contribution is 2.16. The second-order valence-corrected chi connectivity index (χ2v) is 6.99. The maximum atomic E-state index is 13.0. The molecule has 1 heterocycles. The van der Waals surface area contributed by atoms with Gasteiger partial charge in [0.15, 0.2) is 5.78 Å². The summed E-state index contributed by atoms with van der Waals surface area (Å²) < 4.78 is 18.8. The second kappa shape index (κ2) is 8.95. The summed E-state index contributed by atoms with van der Waals surface area (Å²) in [5.74, 6) is 0.271. The van der Waals surface area contributed by atoms with E-state index in [1.54, 1.807) is 48.3 Å². The molecule has 0 spiro atoms. The van der Waals surface area contributed by atoms with Crippen LogP contribution in [-0.4, -0.2) is 42.3 Å². The summed E-state index contributed by atoms with van der Waals surface area (Å²) in [6, 6.07) is 12.8.